The third-order valence-electron chi connectivity index (χ3n) is 4.49. The minimum absolute atomic E-state index is 0.133. The predicted octanol–water partition coefficient (Wildman–Crippen LogP) is 4.06. The second kappa shape index (κ2) is 6.69. The Labute approximate surface area is 165 Å². The highest BCUT2D eigenvalue weighted by atomic mass is 35.5. The molecule has 8 heteroatoms. The molecule has 0 amide bonds. The Morgan fingerprint density at radius 2 is 1.82 bits per heavy atom. The topological polar surface area (TPSA) is 77.9 Å². The van der Waals surface area contributed by atoms with Crippen molar-refractivity contribution in [1.82, 2.24) is 14.3 Å². The van der Waals surface area contributed by atoms with Crippen LogP contribution in [0.25, 0.3) is 22.0 Å². The van der Waals surface area contributed by atoms with E-state index in [1.165, 1.54) is 16.7 Å². The fourth-order valence-corrected chi connectivity index (χ4v) is 3.39. The largest absolute Gasteiger partial charge is 0.399 e. The number of rotatable bonds is 3. The van der Waals surface area contributed by atoms with Crippen LogP contribution >= 0.6 is 11.6 Å². The van der Waals surface area contributed by atoms with Crippen molar-refractivity contribution in [1.29, 1.82) is 0 Å². The van der Waals surface area contributed by atoms with Crippen molar-refractivity contribution in [2.24, 2.45) is 14.1 Å². The summed E-state index contributed by atoms with van der Waals surface area (Å²) in [6.07, 6.45) is 3.42. The van der Waals surface area contributed by atoms with Crippen LogP contribution in [0.15, 0.2) is 53.6 Å². The summed E-state index contributed by atoms with van der Waals surface area (Å²) >= 11 is 6.17. The van der Waals surface area contributed by atoms with Crippen molar-refractivity contribution in [3.8, 4) is 11.1 Å². The Morgan fingerprint density at radius 3 is 2.57 bits per heavy atom. The molecule has 4 rings (SSSR count). The molecule has 3 N–H and O–H groups in total. The quantitative estimate of drug-likeness (QED) is 0.511. The lowest BCUT2D eigenvalue weighted by Crippen LogP contribution is -2.16. The maximum Gasteiger partial charge on any atom is 0.261 e. The lowest BCUT2D eigenvalue weighted by Gasteiger charge is -2.15. The number of hydrogen-bond donors (Lipinski definition) is 2. The zero-order valence-corrected chi connectivity index (χ0v) is 16.0. The molecule has 6 nitrogen and oxygen atoms in total. The number of nitrogens with zero attached hydrogens (tertiary/aromatic N) is 3. The summed E-state index contributed by atoms with van der Waals surface area (Å²) in [4.78, 5) is 12.5. The summed E-state index contributed by atoms with van der Waals surface area (Å²) in [5, 5.41) is 8.45. The summed E-state index contributed by atoms with van der Waals surface area (Å²) in [5.74, 6) is -0.415. The van der Waals surface area contributed by atoms with E-state index >= 15 is 0 Å². The molecular formula is C20H17ClFN5O. The standard InChI is InChI=1S/C20H17ClFN5O/c1-26-9-14(19-15(20(26)28)10-27(2)25-19)13-8-12(23)4-6-17(13)24-18-5-3-11(22)7-16(18)21/h3-10,24H,23H2,1-2H3. The molecule has 0 aliphatic carbocycles. The van der Waals surface area contributed by atoms with Crippen LogP contribution in [0.2, 0.25) is 5.02 Å². The van der Waals surface area contributed by atoms with E-state index in [1.807, 2.05) is 6.07 Å². The van der Waals surface area contributed by atoms with E-state index in [0.717, 1.165) is 11.1 Å². The molecule has 0 bridgehead atoms. The summed E-state index contributed by atoms with van der Waals surface area (Å²) in [6, 6.07) is 9.49. The van der Waals surface area contributed by atoms with Gasteiger partial charge >= 0.3 is 0 Å². The fourth-order valence-electron chi connectivity index (χ4n) is 3.17. The van der Waals surface area contributed by atoms with E-state index in [2.05, 4.69) is 10.4 Å². The number of anilines is 3. The van der Waals surface area contributed by atoms with Gasteiger partial charge in [-0.1, -0.05) is 11.6 Å². The molecule has 0 spiro atoms. The van der Waals surface area contributed by atoms with Crippen LogP contribution in [0.1, 0.15) is 0 Å². The van der Waals surface area contributed by atoms with Crippen LogP contribution in [-0.2, 0) is 14.1 Å². The molecule has 0 unspecified atom stereocenters. The molecule has 28 heavy (non-hydrogen) atoms. The van der Waals surface area contributed by atoms with Gasteiger partial charge in [-0.3, -0.25) is 9.48 Å². The maximum atomic E-state index is 13.4. The minimum atomic E-state index is -0.415. The Hall–Kier alpha value is -3.32. The first-order valence-corrected chi connectivity index (χ1v) is 8.86. The molecule has 0 saturated carbocycles. The van der Waals surface area contributed by atoms with Gasteiger partial charge in [0, 0.05) is 49.0 Å². The van der Waals surface area contributed by atoms with Gasteiger partial charge in [-0.2, -0.15) is 5.10 Å². The first kappa shape index (κ1) is 18.1. The highest BCUT2D eigenvalue weighted by Crippen LogP contribution is 2.36. The molecule has 0 saturated heterocycles. The van der Waals surface area contributed by atoms with E-state index in [1.54, 1.807) is 49.4 Å². The first-order valence-electron chi connectivity index (χ1n) is 8.48. The average Bonchev–Trinajstić information content (AvgIpc) is 3.04. The zero-order chi connectivity index (χ0) is 20.0. The van der Waals surface area contributed by atoms with E-state index in [-0.39, 0.29) is 10.6 Å². The van der Waals surface area contributed by atoms with Crippen molar-refractivity contribution < 1.29 is 4.39 Å². The number of benzene rings is 2. The van der Waals surface area contributed by atoms with Crippen LogP contribution in [0.3, 0.4) is 0 Å². The van der Waals surface area contributed by atoms with Crippen LogP contribution in [0, 0.1) is 5.82 Å². The Balaban J connectivity index is 1.94. The molecule has 4 aromatic rings. The monoisotopic (exact) mass is 397 g/mol. The van der Waals surface area contributed by atoms with E-state index in [0.29, 0.717) is 28.0 Å². The molecule has 0 aliphatic rings. The van der Waals surface area contributed by atoms with Crippen molar-refractivity contribution in [3.05, 3.63) is 70.0 Å². The lowest BCUT2D eigenvalue weighted by molar-refractivity contribution is 0.628. The summed E-state index contributed by atoms with van der Waals surface area (Å²) in [6.45, 7) is 0. The van der Waals surface area contributed by atoms with Gasteiger partial charge in [0.25, 0.3) is 5.56 Å². The fraction of sp³-hybridized carbons (Fsp3) is 0.100. The average molecular weight is 398 g/mol. The smallest absolute Gasteiger partial charge is 0.261 e. The van der Waals surface area contributed by atoms with E-state index < -0.39 is 5.82 Å². The van der Waals surface area contributed by atoms with Gasteiger partial charge in [0.2, 0.25) is 0 Å². The van der Waals surface area contributed by atoms with Gasteiger partial charge in [-0.15, -0.1) is 0 Å². The Kier molecular flexibility index (Phi) is 4.31. The molecule has 142 valence electrons. The van der Waals surface area contributed by atoms with Gasteiger partial charge in [-0.25, -0.2) is 4.39 Å². The predicted molar refractivity (Wildman–Crippen MR) is 110 cm³/mol. The number of halogens is 2. The van der Waals surface area contributed by atoms with Gasteiger partial charge in [0.05, 0.1) is 16.1 Å². The number of aryl methyl sites for hydroxylation is 2. The van der Waals surface area contributed by atoms with Crippen LogP contribution in [0.4, 0.5) is 21.5 Å². The van der Waals surface area contributed by atoms with Gasteiger partial charge in [0.1, 0.15) is 11.3 Å². The van der Waals surface area contributed by atoms with Crippen molar-refractivity contribution in [2.75, 3.05) is 11.1 Å². The number of hydrogen-bond acceptors (Lipinski definition) is 4. The van der Waals surface area contributed by atoms with Crippen molar-refractivity contribution in [2.45, 2.75) is 0 Å². The van der Waals surface area contributed by atoms with Crippen LogP contribution < -0.4 is 16.6 Å². The summed E-state index contributed by atoms with van der Waals surface area (Å²) in [5.41, 5.74) is 9.77. The van der Waals surface area contributed by atoms with E-state index in [9.17, 15) is 9.18 Å². The normalized spacial score (nSPS) is 11.1. The molecule has 0 fully saturated rings. The number of fused-ring (bicyclic) bond motifs is 1. The maximum absolute atomic E-state index is 13.4. The number of nitrogen functional groups attached to an aromatic ring is 1. The zero-order valence-electron chi connectivity index (χ0n) is 15.2. The Bertz CT molecular complexity index is 1280. The number of nitrogens with one attached hydrogen (secondary N) is 1. The molecule has 0 radical (unpaired) electrons. The first-order chi connectivity index (χ1) is 13.3. The molecule has 2 heterocycles. The second-order valence-electron chi connectivity index (χ2n) is 6.58. The van der Waals surface area contributed by atoms with Gasteiger partial charge < -0.3 is 15.6 Å². The van der Waals surface area contributed by atoms with Gasteiger partial charge in [-0.05, 0) is 36.4 Å². The highest BCUT2D eigenvalue weighted by molar-refractivity contribution is 6.33. The van der Waals surface area contributed by atoms with Crippen LogP contribution in [0.5, 0.6) is 0 Å². The third kappa shape index (κ3) is 3.10. The summed E-state index contributed by atoms with van der Waals surface area (Å²) < 4.78 is 16.5. The van der Waals surface area contributed by atoms with Crippen molar-refractivity contribution in [3.63, 3.8) is 0 Å². The molecule has 0 atom stereocenters. The highest BCUT2D eigenvalue weighted by Gasteiger charge is 2.16. The number of nitrogens with two attached hydrogens (primary N) is 1. The SMILES string of the molecule is Cn1cc2c(=O)n(C)cc(-c3cc(N)ccc3Nc3ccc(F)cc3Cl)c2n1. The number of pyridine rings is 1. The third-order valence-corrected chi connectivity index (χ3v) is 4.80. The van der Waals surface area contributed by atoms with Gasteiger partial charge in [0.15, 0.2) is 0 Å². The summed E-state index contributed by atoms with van der Waals surface area (Å²) in [7, 11) is 3.45. The molecular weight excluding hydrogens is 381 g/mol. The van der Waals surface area contributed by atoms with E-state index in [4.69, 9.17) is 17.3 Å². The molecule has 0 aliphatic heterocycles. The lowest BCUT2D eigenvalue weighted by atomic mass is 10.0. The Morgan fingerprint density at radius 1 is 1.07 bits per heavy atom. The minimum Gasteiger partial charge on any atom is -0.399 e. The van der Waals surface area contributed by atoms with Crippen LogP contribution in [-0.4, -0.2) is 14.3 Å². The second-order valence-corrected chi connectivity index (χ2v) is 6.99. The van der Waals surface area contributed by atoms with Crippen molar-refractivity contribution >= 4 is 39.6 Å². The molecule has 2 aromatic heterocycles. The molecule has 2 aromatic carbocycles. The number of aromatic nitrogens is 3.